The van der Waals surface area contributed by atoms with Crippen molar-refractivity contribution in [3.63, 3.8) is 0 Å². The third-order valence-corrected chi connectivity index (χ3v) is 4.74. The molecule has 158 valence electrons. The molecule has 8 nitrogen and oxygen atoms in total. The predicted molar refractivity (Wildman–Crippen MR) is 119 cm³/mol. The predicted octanol–water partition coefficient (Wildman–Crippen LogP) is 2.41. The van der Waals surface area contributed by atoms with E-state index in [0.29, 0.717) is 17.5 Å². The molecule has 0 aliphatic heterocycles. The number of amides is 2. The summed E-state index contributed by atoms with van der Waals surface area (Å²) in [7, 11) is 0. The van der Waals surface area contributed by atoms with Crippen LogP contribution in [0.4, 0.5) is 0 Å². The lowest BCUT2D eigenvalue weighted by atomic mass is 10.2. The molecule has 9 heteroatoms. The van der Waals surface area contributed by atoms with Gasteiger partial charge in [-0.05, 0) is 41.5 Å². The van der Waals surface area contributed by atoms with Gasteiger partial charge in [0.15, 0.2) is 11.8 Å². The molecule has 0 fully saturated rings. The van der Waals surface area contributed by atoms with Crippen molar-refractivity contribution in [2.75, 3.05) is 12.4 Å². The summed E-state index contributed by atoms with van der Waals surface area (Å²) in [6, 6.07) is 18.4. The van der Waals surface area contributed by atoms with E-state index in [4.69, 9.17) is 4.74 Å². The van der Waals surface area contributed by atoms with Crippen LogP contribution in [0.5, 0.6) is 5.75 Å². The van der Waals surface area contributed by atoms with E-state index in [1.165, 1.54) is 18.0 Å². The Morgan fingerprint density at radius 2 is 1.71 bits per heavy atom. The number of hydrogen-bond acceptors (Lipinski definition) is 7. The molecule has 1 aromatic heterocycles. The number of hydrazone groups is 1. The van der Waals surface area contributed by atoms with Crippen molar-refractivity contribution in [1.29, 1.82) is 0 Å². The molecular weight excluding hydrogens is 414 g/mol. The van der Waals surface area contributed by atoms with E-state index >= 15 is 0 Å². The highest BCUT2D eigenvalue weighted by Gasteiger charge is 2.04. The number of thioether (sulfide) groups is 1. The summed E-state index contributed by atoms with van der Waals surface area (Å²) in [6.45, 7) is 0.389. The van der Waals surface area contributed by atoms with Crippen LogP contribution in [0.25, 0.3) is 0 Å². The van der Waals surface area contributed by atoms with Crippen LogP contribution in [0.2, 0.25) is 0 Å². The molecular formula is C22H21N5O3S. The maximum Gasteiger partial charge on any atom is 0.258 e. The van der Waals surface area contributed by atoms with Gasteiger partial charge < -0.3 is 10.1 Å². The zero-order chi connectivity index (χ0) is 21.7. The van der Waals surface area contributed by atoms with Crippen LogP contribution in [0, 0.1) is 0 Å². The zero-order valence-electron chi connectivity index (χ0n) is 16.6. The van der Waals surface area contributed by atoms with Gasteiger partial charge in [-0.1, -0.05) is 42.1 Å². The first-order chi connectivity index (χ1) is 15.2. The minimum Gasteiger partial charge on any atom is -0.484 e. The van der Waals surface area contributed by atoms with Gasteiger partial charge in [0.25, 0.3) is 11.8 Å². The van der Waals surface area contributed by atoms with Crippen molar-refractivity contribution in [1.82, 2.24) is 20.7 Å². The summed E-state index contributed by atoms with van der Waals surface area (Å²) >= 11 is 1.23. The second-order valence-corrected chi connectivity index (χ2v) is 7.18. The molecule has 3 aromatic rings. The van der Waals surface area contributed by atoms with Crippen LogP contribution in [0.15, 0.2) is 83.3 Å². The highest BCUT2D eigenvalue weighted by Crippen LogP contribution is 2.11. The normalized spacial score (nSPS) is 10.6. The smallest absolute Gasteiger partial charge is 0.258 e. The molecule has 3 rings (SSSR count). The Morgan fingerprint density at radius 3 is 2.45 bits per heavy atom. The Hall–Kier alpha value is -3.72. The zero-order valence-corrected chi connectivity index (χ0v) is 17.4. The van der Waals surface area contributed by atoms with Crippen LogP contribution in [0.3, 0.4) is 0 Å². The number of aromatic nitrogens is 2. The molecule has 1 heterocycles. The van der Waals surface area contributed by atoms with E-state index in [-0.39, 0.29) is 24.2 Å². The fourth-order valence-electron chi connectivity index (χ4n) is 2.35. The van der Waals surface area contributed by atoms with Gasteiger partial charge in [0.05, 0.1) is 12.0 Å². The Kier molecular flexibility index (Phi) is 8.57. The Labute approximate surface area is 184 Å². The highest BCUT2D eigenvalue weighted by atomic mass is 32.2. The maximum absolute atomic E-state index is 11.9. The van der Waals surface area contributed by atoms with Crippen molar-refractivity contribution >= 4 is 29.8 Å². The first-order valence-electron chi connectivity index (χ1n) is 9.44. The fourth-order valence-corrected chi connectivity index (χ4v) is 2.94. The summed E-state index contributed by atoms with van der Waals surface area (Å²) in [4.78, 5) is 31.8. The summed E-state index contributed by atoms with van der Waals surface area (Å²) in [5.41, 5.74) is 4.26. The average molecular weight is 436 g/mol. The second kappa shape index (κ2) is 12.1. The standard InChI is InChI=1S/C22H21N5O3S/c28-20(25-13-17-5-2-1-3-6-17)15-30-19-9-7-18(8-10-19)14-26-27-21(29)16-31-22-23-11-4-12-24-22/h1-12,14H,13,15-16H2,(H,25,28)(H,27,29)/b26-14-. The van der Waals surface area contributed by atoms with Gasteiger partial charge >= 0.3 is 0 Å². The van der Waals surface area contributed by atoms with Crippen LogP contribution in [0.1, 0.15) is 11.1 Å². The molecule has 0 saturated carbocycles. The molecule has 0 radical (unpaired) electrons. The molecule has 2 amide bonds. The van der Waals surface area contributed by atoms with Gasteiger partial charge in [-0.2, -0.15) is 5.10 Å². The van der Waals surface area contributed by atoms with E-state index in [0.717, 1.165) is 11.1 Å². The van der Waals surface area contributed by atoms with E-state index in [2.05, 4.69) is 25.8 Å². The number of hydrogen-bond donors (Lipinski definition) is 2. The third-order valence-electron chi connectivity index (χ3n) is 3.86. The molecule has 0 atom stereocenters. The quantitative estimate of drug-likeness (QED) is 0.219. The van der Waals surface area contributed by atoms with Gasteiger partial charge in [0, 0.05) is 18.9 Å². The van der Waals surface area contributed by atoms with Gasteiger partial charge in [-0.3, -0.25) is 9.59 Å². The lowest BCUT2D eigenvalue weighted by Gasteiger charge is -2.08. The molecule has 2 aromatic carbocycles. The Balaban J connectivity index is 1.35. The van der Waals surface area contributed by atoms with Crippen LogP contribution < -0.4 is 15.5 Å². The summed E-state index contributed by atoms with van der Waals surface area (Å²) < 4.78 is 5.49. The number of carbonyl (C=O) groups is 2. The van der Waals surface area contributed by atoms with E-state index in [1.807, 2.05) is 30.3 Å². The first kappa shape index (κ1) is 22.0. The van der Waals surface area contributed by atoms with Crippen LogP contribution in [-0.4, -0.2) is 40.4 Å². The van der Waals surface area contributed by atoms with Gasteiger partial charge in [0.2, 0.25) is 0 Å². The summed E-state index contributed by atoms with van der Waals surface area (Å²) in [5.74, 6) is 0.280. The minimum absolute atomic E-state index is 0.0703. The Bertz CT molecular complexity index is 999. The summed E-state index contributed by atoms with van der Waals surface area (Å²) in [5, 5.41) is 7.27. The maximum atomic E-state index is 11.9. The second-order valence-electron chi connectivity index (χ2n) is 6.23. The van der Waals surface area contributed by atoms with Gasteiger partial charge in [0.1, 0.15) is 5.75 Å². The molecule has 0 aliphatic carbocycles. The van der Waals surface area contributed by atoms with E-state index in [9.17, 15) is 9.59 Å². The molecule has 31 heavy (non-hydrogen) atoms. The van der Waals surface area contributed by atoms with Crippen molar-refractivity contribution in [2.45, 2.75) is 11.7 Å². The number of ether oxygens (including phenoxy) is 1. The minimum atomic E-state index is -0.254. The molecule has 0 aliphatic rings. The number of carbonyl (C=O) groups excluding carboxylic acids is 2. The SMILES string of the molecule is O=C(COc1ccc(/C=N\NC(=O)CSc2ncccn2)cc1)NCc1ccccc1. The number of nitrogens with one attached hydrogen (secondary N) is 2. The molecule has 0 spiro atoms. The first-order valence-corrected chi connectivity index (χ1v) is 10.4. The fraction of sp³-hybridized carbons (Fsp3) is 0.136. The molecule has 2 N–H and O–H groups in total. The average Bonchev–Trinajstić information content (AvgIpc) is 2.82. The van der Waals surface area contributed by atoms with Gasteiger partial charge in [-0.25, -0.2) is 15.4 Å². The number of rotatable bonds is 10. The topological polar surface area (TPSA) is 106 Å². The molecule has 0 saturated heterocycles. The van der Waals surface area contributed by atoms with Crippen molar-refractivity contribution in [3.8, 4) is 5.75 Å². The van der Waals surface area contributed by atoms with Crippen molar-refractivity contribution < 1.29 is 14.3 Å². The van der Waals surface area contributed by atoms with Gasteiger partial charge in [-0.15, -0.1) is 0 Å². The van der Waals surface area contributed by atoms with E-state index in [1.54, 1.807) is 42.7 Å². The van der Waals surface area contributed by atoms with Crippen molar-refractivity contribution in [2.24, 2.45) is 5.10 Å². The largest absolute Gasteiger partial charge is 0.484 e. The lowest BCUT2D eigenvalue weighted by Crippen LogP contribution is -2.28. The number of benzene rings is 2. The number of nitrogens with zero attached hydrogens (tertiary/aromatic N) is 3. The summed E-state index contributed by atoms with van der Waals surface area (Å²) in [6.07, 6.45) is 4.77. The van der Waals surface area contributed by atoms with Crippen molar-refractivity contribution in [3.05, 3.63) is 84.2 Å². The van der Waals surface area contributed by atoms with Crippen LogP contribution >= 0.6 is 11.8 Å². The lowest BCUT2D eigenvalue weighted by molar-refractivity contribution is -0.123. The monoisotopic (exact) mass is 435 g/mol. The van der Waals surface area contributed by atoms with E-state index < -0.39 is 0 Å². The molecule has 0 bridgehead atoms. The third kappa shape index (κ3) is 8.27. The highest BCUT2D eigenvalue weighted by molar-refractivity contribution is 7.99. The van der Waals surface area contributed by atoms with Crippen LogP contribution in [-0.2, 0) is 16.1 Å². The Morgan fingerprint density at radius 1 is 0.968 bits per heavy atom. The molecule has 0 unspecified atom stereocenters.